The molecule has 0 aliphatic heterocycles. The maximum Gasteiger partial charge on any atom is 0.184 e. The van der Waals surface area contributed by atoms with E-state index in [1.54, 1.807) is 0 Å². The summed E-state index contributed by atoms with van der Waals surface area (Å²) in [6, 6.07) is 0. The highest BCUT2D eigenvalue weighted by atomic mass is 28.4. The summed E-state index contributed by atoms with van der Waals surface area (Å²) in [6.45, 7) is 17.8. The van der Waals surface area contributed by atoms with Gasteiger partial charge < -0.3 is 4.43 Å². The van der Waals surface area contributed by atoms with E-state index in [9.17, 15) is 0 Å². The lowest BCUT2D eigenvalue weighted by Crippen LogP contribution is -2.41. The third kappa shape index (κ3) is 10.0. The zero-order chi connectivity index (χ0) is 13.5. The summed E-state index contributed by atoms with van der Waals surface area (Å²) in [7, 11) is -2.36. The summed E-state index contributed by atoms with van der Waals surface area (Å²) in [5.74, 6) is 0.795. The SMILES string of the molecule is CCCCC(CC)CO[Si](C)(C)C[Si](C)(C)C. The van der Waals surface area contributed by atoms with Gasteiger partial charge in [0, 0.05) is 14.7 Å². The van der Waals surface area contributed by atoms with Crippen molar-refractivity contribution in [3.63, 3.8) is 0 Å². The second kappa shape index (κ2) is 7.75. The predicted molar refractivity (Wildman–Crippen MR) is 84.9 cm³/mol. The van der Waals surface area contributed by atoms with Crippen molar-refractivity contribution in [2.24, 2.45) is 5.92 Å². The predicted octanol–water partition coefficient (Wildman–Crippen LogP) is 5.30. The van der Waals surface area contributed by atoms with E-state index in [0.717, 1.165) is 12.5 Å². The van der Waals surface area contributed by atoms with E-state index in [0.29, 0.717) is 0 Å². The van der Waals surface area contributed by atoms with Crippen LogP contribution in [0.4, 0.5) is 0 Å². The maximum atomic E-state index is 6.33. The Morgan fingerprint density at radius 3 is 2.00 bits per heavy atom. The first-order valence-corrected chi connectivity index (χ1v) is 14.2. The number of rotatable bonds is 9. The Morgan fingerprint density at radius 1 is 1.00 bits per heavy atom. The zero-order valence-electron chi connectivity index (χ0n) is 13.2. The third-order valence-electron chi connectivity index (χ3n) is 3.21. The van der Waals surface area contributed by atoms with E-state index in [-0.39, 0.29) is 0 Å². The highest BCUT2D eigenvalue weighted by molar-refractivity contribution is 6.92. The molecule has 0 rings (SSSR count). The minimum Gasteiger partial charge on any atom is -0.417 e. The van der Waals surface area contributed by atoms with E-state index in [1.807, 2.05) is 0 Å². The quantitative estimate of drug-likeness (QED) is 0.518. The molecule has 0 aromatic rings. The number of unbranched alkanes of at least 4 members (excludes halogenated alkanes) is 1. The fraction of sp³-hybridized carbons (Fsp3) is 1.00. The molecule has 0 radical (unpaired) electrons. The normalized spacial score (nSPS) is 15.0. The Labute approximate surface area is 111 Å². The molecular weight excluding hydrogens is 240 g/mol. The molecular formula is C14H34OSi2. The van der Waals surface area contributed by atoms with Gasteiger partial charge in [-0.25, -0.2) is 0 Å². The van der Waals surface area contributed by atoms with Gasteiger partial charge >= 0.3 is 0 Å². The molecule has 0 aromatic carbocycles. The first-order chi connectivity index (χ1) is 7.70. The monoisotopic (exact) mass is 274 g/mol. The molecule has 3 heteroatoms. The molecule has 0 N–H and O–H groups in total. The molecule has 104 valence electrons. The highest BCUT2D eigenvalue weighted by Crippen LogP contribution is 2.22. The van der Waals surface area contributed by atoms with Crippen LogP contribution in [-0.4, -0.2) is 23.0 Å². The van der Waals surface area contributed by atoms with Crippen LogP contribution in [0.1, 0.15) is 39.5 Å². The van der Waals surface area contributed by atoms with Gasteiger partial charge in [-0.3, -0.25) is 0 Å². The molecule has 0 bridgehead atoms. The van der Waals surface area contributed by atoms with Crippen LogP contribution in [0.15, 0.2) is 0 Å². The summed E-state index contributed by atoms with van der Waals surface area (Å²) in [4.78, 5) is 0. The molecule has 0 heterocycles. The number of hydrogen-bond acceptors (Lipinski definition) is 1. The summed E-state index contributed by atoms with van der Waals surface area (Å²) >= 11 is 0. The lowest BCUT2D eigenvalue weighted by Gasteiger charge is -2.31. The Kier molecular flexibility index (Phi) is 7.93. The molecule has 0 saturated heterocycles. The lowest BCUT2D eigenvalue weighted by atomic mass is 10.0. The van der Waals surface area contributed by atoms with E-state index in [4.69, 9.17) is 4.43 Å². The summed E-state index contributed by atoms with van der Waals surface area (Å²) in [6.07, 6.45) is 5.30. The Bertz CT molecular complexity index is 197. The Balaban J connectivity index is 4.05. The van der Waals surface area contributed by atoms with Crippen molar-refractivity contribution in [2.75, 3.05) is 6.61 Å². The third-order valence-corrected chi connectivity index (χ3v) is 11.8. The summed E-state index contributed by atoms with van der Waals surface area (Å²) in [5, 5.41) is 0. The fourth-order valence-electron chi connectivity index (χ4n) is 2.57. The van der Waals surface area contributed by atoms with E-state index in [1.165, 1.54) is 31.4 Å². The van der Waals surface area contributed by atoms with Gasteiger partial charge in [0.15, 0.2) is 8.32 Å². The molecule has 1 atom stereocenters. The van der Waals surface area contributed by atoms with Gasteiger partial charge in [0.2, 0.25) is 0 Å². The minimum atomic E-state index is -1.40. The van der Waals surface area contributed by atoms with Crippen molar-refractivity contribution in [3.8, 4) is 0 Å². The zero-order valence-corrected chi connectivity index (χ0v) is 15.2. The maximum absolute atomic E-state index is 6.33. The van der Waals surface area contributed by atoms with Gasteiger partial charge in [0.1, 0.15) is 0 Å². The van der Waals surface area contributed by atoms with Gasteiger partial charge in [-0.15, -0.1) is 0 Å². The first-order valence-electron chi connectivity index (χ1n) is 7.34. The molecule has 1 nitrogen and oxygen atoms in total. The van der Waals surface area contributed by atoms with Crippen LogP contribution in [0.3, 0.4) is 0 Å². The van der Waals surface area contributed by atoms with Crippen LogP contribution in [0, 0.1) is 5.92 Å². The molecule has 0 amide bonds. The van der Waals surface area contributed by atoms with Crippen LogP contribution in [0.2, 0.25) is 38.4 Å². The highest BCUT2D eigenvalue weighted by Gasteiger charge is 2.30. The van der Waals surface area contributed by atoms with Crippen LogP contribution in [-0.2, 0) is 4.43 Å². The van der Waals surface area contributed by atoms with Crippen molar-refractivity contribution in [3.05, 3.63) is 0 Å². The van der Waals surface area contributed by atoms with Crippen molar-refractivity contribution in [1.29, 1.82) is 0 Å². The summed E-state index contributed by atoms with van der Waals surface area (Å²) < 4.78 is 6.33. The molecule has 0 fully saturated rings. The summed E-state index contributed by atoms with van der Waals surface area (Å²) in [5.41, 5.74) is 1.39. The second-order valence-corrected chi connectivity index (χ2v) is 17.6. The average molecular weight is 275 g/mol. The van der Waals surface area contributed by atoms with Crippen LogP contribution >= 0.6 is 0 Å². The van der Waals surface area contributed by atoms with Crippen molar-refractivity contribution in [1.82, 2.24) is 0 Å². The molecule has 0 aliphatic rings. The topological polar surface area (TPSA) is 9.23 Å². The van der Waals surface area contributed by atoms with Crippen molar-refractivity contribution < 1.29 is 4.43 Å². The van der Waals surface area contributed by atoms with E-state index in [2.05, 4.69) is 46.6 Å². The molecule has 0 spiro atoms. The molecule has 1 unspecified atom stereocenters. The minimum absolute atomic E-state index is 0.795. The Morgan fingerprint density at radius 2 is 1.59 bits per heavy atom. The largest absolute Gasteiger partial charge is 0.417 e. The average Bonchev–Trinajstić information content (AvgIpc) is 2.14. The van der Waals surface area contributed by atoms with Gasteiger partial charge in [-0.1, -0.05) is 52.8 Å². The molecule has 17 heavy (non-hydrogen) atoms. The van der Waals surface area contributed by atoms with Crippen molar-refractivity contribution in [2.45, 2.75) is 77.9 Å². The van der Waals surface area contributed by atoms with Crippen LogP contribution < -0.4 is 0 Å². The lowest BCUT2D eigenvalue weighted by molar-refractivity contribution is 0.226. The van der Waals surface area contributed by atoms with Crippen LogP contribution in [0.25, 0.3) is 0 Å². The van der Waals surface area contributed by atoms with Gasteiger partial charge in [0.05, 0.1) is 0 Å². The van der Waals surface area contributed by atoms with Crippen molar-refractivity contribution >= 4 is 16.4 Å². The van der Waals surface area contributed by atoms with Gasteiger partial charge in [0.25, 0.3) is 0 Å². The number of hydrogen-bond donors (Lipinski definition) is 0. The van der Waals surface area contributed by atoms with E-state index < -0.39 is 16.4 Å². The smallest absolute Gasteiger partial charge is 0.184 e. The van der Waals surface area contributed by atoms with Crippen LogP contribution in [0.5, 0.6) is 0 Å². The van der Waals surface area contributed by atoms with Gasteiger partial charge in [-0.05, 0) is 31.1 Å². The molecule has 0 aliphatic carbocycles. The fourth-order valence-corrected chi connectivity index (χ4v) is 13.9. The second-order valence-electron chi connectivity index (χ2n) is 7.22. The molecule has 0 aromatic heterocycles. The molecule has 0 saturated carbocycles. The van der Waals surface area contributed by atoms with Gasteiger partial charge in [-0.2, -0.15) is 0 Å². The standard InChI is InChI=1S/C14H34OSi2/c1-8-10-11-14(9-2)12-15-17(6,7)13-16(3,4)5/h14H,8-13H2,1-7H3. The first kappa shape index (κ1) is 17.4. The van der Waals surface area contributed by atoms with E-state index >= 15 is 0 Å². The Hall–Kier alpha value is 0.394.